The van der Waals surface area contributed by atoms with Gasteiger partial charge in [0.2, 0.25) is 0 Å². The molecule has 2 aromatic carbocycles. The third-order valence-corrected chi connectivity index (χ3v) is 4.22. The average Bonchev–Trinajstić information content (AvgIpc) is 2.37. The van der Waals surface area contributed by atoms with Crippen LogP contribution in [0.1, 0.15) is 41.1 Å². The van der Waals surface area contributed by atoms with Crippen molar-refractivity contribution in [3.8, 4) is 11.1 Å². The van der Waals surface area contributed by atoms with Crippen LogP contribution in [0.15, 0.2) is 42.5 Å². The second-order valence-corrected chi connectivity index (χ2v) is 5.68. The van der Waals surface area contributed by atoms with Crippen molar-refractivity contribution < 1.29 is 9.90 Å². The van der Waals surface area contributed by atoms with Crippen LogP contribution < -0.4 is 0 Å². The molecule has 0 unspecified atom stereocenters. The van der Waals surface area contributed by atoms with E-state index in [-0.39, 0.29) is 5.56 Å². The maximum Gasteiger partial charge on any atom is 0.336 e. The fourth-order valence-electron chi connectivity index (χ4n) is 2.65. The summed E-state index contributed by atoms with van der Waals surface area (Å²) in [7, 11) is 0. The topological polar surface area (TPSA) is 37.3 Å². The number of halogens is 1. The van der Waals surface area contributed by atoms with Gasteiger partial charge in [-0.25, -0.2) is 4.79 Å². The summed E-state index contributed by atoms with van der Waals surface area (Å²) in [5.74, 6) is -0.313. The van der Waals surface area contributed by atoms with E-state index in [0.29, 0.717) is 10.9 Å². The lowest BCUT2D eigenvalue weighted by Gasteiger charge is -2.26. The fraction of sp³-hybridized carbons (Fsp3) is 0.235. The lowest BCUT2D eigenvalue weighted by Crippen LogP contribution is -2.08. The van der Waals surface area contributed by atoms with Crippen LogP contribution in [0.4, 0.5) is 0 Å². The normalized spacial score (nSPS) is 14.8. The predicted molar refractivity (Wildman–Crippen MR) is 80.4 cm³/mol. The van der Waals surface area contributed by atoms with Crippen LogP contribution in [0.2, 0.25) is 5.02 Å². The standard InChI is InChI=1S/C17H15ClO2/c18-14-7-8-15(16(10-14)17(19)20)13-6-2-5-12(9-13)11-3-1-4-11/h2,5-11H,1,3-4H2,(H,19,20). The Morgan fingerprint density at radius 3 is 2.60 bits per heavy atom. The third-order valence-electron chi connectivity index (χ3n) is 3.99. The Hall–Kier alpha value is -1.80. The SMILES string of the molecule is O=C(O)c1cc(Cl)ccc1-c1cccc(C2CCC2)c1. The number of hydrogen-bond donors (Lipinski definition) is 1. The number of carboxylic acid groups (broad SMARTS) is 1. The summed E-state index contributed by atoms with van der Waals surface area (Å²) in [5, 5.41) is 9.77. The molecule has 0 aromatic heterocycles. The minimum absolute atomic E-state index is 0.253. The van der Waals surface area contributed by atoms with Crippen molar-refractivity contribution in [1.29, 1.82) is 0 Å². The van der Waals surface area contributed by atoms with Crippen molar-refractivity contribution in [2.75, 3.05) is 0 Å². The molecular formula is C17H15ClO2. The molecule has 0 radical (unpaired) electrons. The van der Waals surface area contributed by atoms with E-state index in [2.05, 4.69) is 12.1 Å². The minimum Gasteiger partial charge on any atom is -0.478 e. The van der Waals surface area contributed by atoms with E-state index in [4.69, 9.17) is 11.6 Å². The molecule has 20 heavy (non-hydrogen) atoms. The molecule has 0 saturated heterocycles. The number of aromatic carboxylic acids is 1. The molecule has 0 aliphatic heterocycles. The molecule has 0 amide bonds. The van der Waals surface area contributed by atoms with E-state index in [0.717, 1.165) is 11.1 Å². The summed E-state index contributed by atoms with van der Waals surface area (Å²) in [4.78, 5) is 11.4. The van der Waals surface area contributed by atoms with Crippen LogP contribution in [-0.4, -0.2) is 11.1 Å². The molecule has 2 nitrogen and oxygen atoms in total. The number of carboxylic acids is 1. The zero-order chi connectivity index (χ0) is 14.1. The molecule has 1 N–H and O–H groups in total. The molecule has 1 aliphatic rings. The lowest BCUT2D eigenvalue weighted by atomic mass is 9.79. The first kappa shape index (κ1) is 13.2. The Labute approximate surface area is 123 Å². The highest BCUT2D eigenvalue weighted by atomic mass is 35.5. The van der Waals surface area contributed by atoms with E-state index in [1.807, 2.05) is 12.1 Å². The van der Waals surface area contributed by atoms with E-state index in [1.54, 1.807) is 12.1 Å². The van der Waals surface area contributed by atoms with Gasteiger partial charge in [0, 0.05) is 5.02 Å². The number of hydrogen-bond acceptors (Lipinski definition) is 1. The summed E-state index contributed by atoms with van der Waals surface area (Å²) in [6.45, 7) is 0. The van der Waals surface area contributed by atoms with Crippen LogP contribution in [0.3, 0.4) is 0 Å². The Balaban J connectivity index is 2.06. The average molecular weight is 287 g/mol. The van der Waals surface area contributed by atoms with Gasteiger partial charge in [0.15, 0.2) is 0 Å². The maximum atomic E-state index is 11.4. The Kier molecular flexibility index (Phi) is 3.49. The van der Waals surface area contributed by atoms with Crippen molar-refractivity contribution in [2.45, 2.75) is 25.2 Å². The second-order valence-electron chi connectivity index (χ2n) is 5.25. The van der Waals surface area contributed by atoms with Gasteiger partial charge in [-0.3, -0.25) is 0 Å². The quantitative estimate of drug-likeness (QED) is 0.864. The molecule has 1 saturated carbocycles. The number of benzene rings is 2. The predicted octanol–water partition coefficient (Wildman–Crippen LogP) is 4.97. The van der Waals surface area contributed by atoms with Gasteiger partial charge in [-0.1, -0.05) is 48.4 Å². The number of rotatable bonds is 3. The zero-order valence-corrected chi connectivity index (χ0v) is 11.7. The summed E-state index contributed by atoms with van der Waals surface area (Å²) < 4.78 is 0. The van der Waals surface area contributed by atoms with Crippen LogP contribution in [-0.2, 0) is 0 Å². The van der Waals surface area contributed by atoms with Crippen LogP contribution in [0, 0.1) is 0 Å². The Morgan fingerprint density at radius 2 is 1.95 bits per heavy atom. The zero-order valence-electron chi connectivity index (χ0n) is 11.0. The van der Waals surface area contributed by atoms with Gasteiger partial charge < -0.3 is 5.11 Å². The molecule has 1 aliphatic carbocycles. The van der Waals surface area contributed by atoms with Crippen molar-refractivity contribution in [1.82, 2.24) is 0 Å². The first-order valence-corrected chi connectivity index (χ1v) is 7.16. The summed E-state index contributed by atoms with van der Waals surface area (Å²) >= 11 is 5.90. The van der Waals surface area contributed by atoms with Gasteiger partial charge in [0.1, 0.15) is 0 Å². The molecule has 3 rings (SSSR count). The minimum atomic E-state index is -0.948. The largest absolute Gasteiger partial charge is 0.478 e. The second kappa shape index (κ2) is 5.29. The van der Waals surface area contributed by atoms with Gasteiger partial charge in [-0.05, 0) is 47.6 Å². The number of carbonyl (C=O) groups is 1. The molecule has 0 heterocycles. The monoisotopic (exact) mass is 286 g/mol. The van der Waals surface area contributed by atoms with Crippen LogP contribution >= 0.6 is 11.6 Å². The van der Waals surface area contributed by atoms with Crippen LogP contribution in [0.5, 0.6) is 0 Å². The van der Waals surface area contributed by atoms with E-state index in [9.17, 15) is 9.90 Å². The molecule has 0 atom stereocenters. The highest BCUT2D eigenvalue weighted by Crippen LogP contribution is 2.38. The molecule has 102 valence electrons. The van der Waals surface area contributed by atoms with Gasteiger partial charge >= 0.3 is 5.97 Å². The Bertz CT molecular complexity index is 660. The third kappa shape index (κ3) is 2.44. The van der Waals surface area contributed by atoms with Crippen molar-refractivity contribution >= 4 is 17.6 Å². The Morgan fingerprint density at radius 1 is 1.15 bits per heavy atom. The van der Waals surface area contributed by atoms with Gasteiger partial charge in [-0.2, -0.15) is 0 Å². The molecular weight excluding hydrogens is 272 g/mol. The summed E-state index contributed by atoms with van der Waals surface area (Å²) in [5.41, 5.74) is 3.23. The van der Waals surface area contributed by atoms with E-state index < -0.39 is 5.97 Å². The van der Waals surface area contributed by atoms with Crippen molar-refractivity contribution in [2.24, 2.45) is 0 Å². The van der Waals surface area contributed by atoms with Gasteiger partial charge in [0.25, 0.3) is 0 Å². The van der Waals surface area contributed by atoms with E-state index in [1.165, 1.54) is 30.9 Å². The molecule has 3 heteroatoms. The van der Waals surface area contributed by atoms with Crippen LogP contribution in [0.25, 0.3) is 11.1 Å². The fourth-order valence-corrected chi connectivity index (χ4v) is 2.82. The maximum absolute atomic E-state index is 11.4. The molecule has 0 spiro atoms. The lowest BCUT2D eigenvalue weighted by molar-refractivity contribution is 0.0697. The summed E-state index contributed by atoms with van der Waals surface area (Å²) in [6.07, 6.45) is 3.75. The molecule has 1 fully saturated rings. The first-order valence-electron chi connectivity index (χ1n) is 6.78. The molecule has 0 bridgehead atoms. The smallest absolute Gasteiger partial charge is 0.336 e. The van der Waals surface area contributed by atoms with E-state index >= 15 is 0 Å². The first-order chi connectivity index (χ1) is 9.65. The van der Waals surface area contributed by atoms with Gasteiger partial charge in [0.05, 0.1) is 5.56 Å². The summed E-state index contributed by atoms with van der Waals surface area (Å²) in [6, 6.07) is 13.2. The highest BCUT2D eigenvalue weighted by Gasteiger charge is 2.20. The van der Waals surface area contributed by atoms with Gasteiger partial charge in [-0.15, -0.1) is 0 Å². The molecule has 2 aromatic rings. The van der Waals surface area contributed by atoms with Crippen molar-refractivity contribution in [3.05, 3.63) is 58.6 Å². The van der Waals surface area contributed by atoms with Crippen molar-refractivity contribution in [3.63, 3.8) is 0 Å². The highest BCUT2D eigenvalue weighted by molar-refractivity contribution is 6.31.